The molecule has 0 radical (unpaired) electrons. The molecule has 0 saturated heterocycles. The van der Waals surface area contributed by atoms with Crippen LogP contribution in [0.1, 0.15) is 22.3 Å². The van der Waals surface area contributed by atoms with E-state index in [1.165, 1.54) is 24.3 Å². The largest absolute Gasteiger partial charge is 0.519 e. The van der Waals surface area contributed by atoms with Gasteiger partial charge in [-0.3, -0.25) is 20.2 Å². The highest BCUT2D eigenvalue weighted by atomic mass is 16.7. The van der Waals surface area contributed by atoms with E-state index >= 15 is 0 Å². The first-order chi connectivity index (χ1) is 17.4. The first kappa shape index (κ1) is 24.1. The zero-order valence-corrected chi connectivity index (χ0v) is 18.9. The topological polar surface area (TPSA) is 122 Å². The zero-order chi connectivity index (χ0) is 25.5. The molecule has 180 valence electrons. The molecule has 0 amide bonds. The number of carbonyl (C=O) groups is 1. The van der Waals surface area contributed by atoms with E-state index in [9.17, 15) is 25.0 Å². The molecule has 9 nitrogen and oxygen atoms in total. The molecule has 0 aliphatic rings. The lowest BCUT2D eigenvalue weighted by atomic mass is 10.0. The van der Waals surface area contributed by atoms with Crippen molar-refractivity contribution in [1.82, 2.24) is 0 Å². The second-order valence-corrected chi connectivity index (χ2v) is 7.94. The van der Waals surface area contributed by atoms with Gasteiger partial charge in [-0.1, -0.05) is 48.5 Å². The molecule has 0 N–H and O–H groups in total. The van der Waals surface area contributed by atoms with Crippen LogP contribution in [0.25, 0.3) is 0 Å². The number of benzene rings is 4. The molecule has 4 rings (SSSR count). The predicted molar refractivity (Wildman–Crippen MR) is 131 cm³/mol. The Bertz CT molecular complexity index is 1260. The number of rotatable bonds is 8. The van der Waals surface area contributed by atoms with Crippen molar-refractivity contribution in [2.75, 3.05) is 0 Å². The van der Waals surface area contributed by atoms with Gasteiger partial charge in [0.15, 0.2) is 0 Å². The second kappa shape index (κ2) is 10.9. The van der Waals surface area contributed by atoms with Crippen molar-refractivity contribution in [1.29, 1.82) is 0 Å². The summed E-state index contributed by atoms with van der Waals surface area (Å²) in [6, 6.07) is 26.5. The summed E-state index contributed by atoms with van der Waals surface area (Å²) in [6.07, 6.45) is 0.283. The third-order valence-electron chi connectivity index (χ3n) is 5.36. The molecule has 0 atom stereocenters. The monoisotopic (exact) mass is 484 g/mol. The number of non-ortho nitro benzene ring substituents is 2. The van der Waals surface area contributed by atoms with Crippen molar-refractivity contribution < 1.29 is 24.1 Å². The van der Waals surface area contributed by atoms with Gasteiger partial charge in [0, 0.05) is 24.3 Å². The van der Waals surface area contributed by atoms with E-state index in [-0.39, 0.29) is 11.4 Å². The minimum absolute atomic E-state index is 0.0418. The Morgan fingerprint density at radius 1 is 0.528 bits per heavy atom. The molecule has 36 heavy (non-hydrogen) atoms. The van der Waals surface area contributed by atoms with Crippen LogP contribution in [-0.2, 0) is 12.8 Å². The summed E-state index contributed by atoms with van der Waals surface area (Å²) in [7, 11) is 0. The van der Waals surface area contributed by atoms with Crippen molar-refractivity contribution in [2.24, 2.45) is 0 Å². The van der Waals surface area contributed by atoms with E-state index in [2.05, 4.69) is 0 Å². The molecule has 4 aromatic rings. The number of nitro groups is 2. The molecule has 0 aromatic heterocycles. The number of hydrogen-bond acceptors (Lipinski definition) is 7. The lowest BCUT2D eigenvalue weighted by Crippen LogP contribution is -2.13. The van der Waals surface area contributed by atoms with Crippen LogP contribution in [-0.4, -0.2) is 16.0 Å². The lowest BCUT2D eigenvalue weighted by molar-refractivity contribution is -0.385. The third kappa shape index (κ3) is 6.51. The lowest BCUT2D eigenvalue weighted by Gasteiger charge is -2.08. The minimum atomic E-state index is -0.874. The highest BCUT2D eigenvalue weighted by molar-refractivity contribution is 5.67. The average molecular weight is 484 g/mol. The number of nitrogens with zero attached hydrogens (tertiary/aromatic N) is 2. The average Bonchev–Trinajstić information content (AvgIpc) is 2.87. The van der Waals surface area contributed by atoms with Crippen LogP contribution in [0.4, 0.5) is 16.2 Å². The Labute approximate surface area is 205 Å². The number of carbonyl (C=O) groups excluding carboxylic acids is 1. The molecule has 0 saturated carbocycles. The fourth-order valence-corrected chi connectivity index (χ4v) is 3.51. The van der Waals surface area contributed by atoms with Crippen LogP contribution in [0.3, 0.4) is 0 Å². The van der Waals surface area contributed by atoms with Crippen molar-refractivity contribution in [2.45, 2.75) is 12.8 Å². The van der Waals surface area contributed by atoms with E-state index in [0.717, 1.165) is 22.3 Å². The minimum Gasteiger partial charge on any atom is -0.395 e. The number of hydrogen-bond donors (Lipinski definition) is 0. The molecule has 0 bridgehead atoms. The maximum atomic E-state index is 12.2. The number of ether oxygens (including phenoxy) is 2. The Morgan fingerprint density at radius 3 is 1.08 bits per heavy atom. The second-order valence-electron chi connectivity index (χ2n) is 7.94. The van der Waals surface area contributed by atoms with Gasteiger partial charge in [0.05, 0.1) is 9.85 Å². The predicted octanol–water partition coefficient (Wildman–Crippen LogP) is 6.26. The maximum absolute atomic E-state index is 12.2. The molecule has 9 heteroatoms. The summed E-state index contributed by atoms with van der Waals surface area (Å²) in [5.41, 5.74) is 3.83. The van der Waals surface area contributed by atoms with Crippen LogP contribution in [0.5, 0.6) is 11.5 Å². The van der Waals surface area contributed by atoms with Crippen LogP contribution in [0.2, 0.25) is 0 Å². The van der Waals surface area contributed by atoms with Crippen LogP contribution < -0.4 is 9.47 Å². The van der Waals surface area contributed by atoms with Crippen molar-refractivity contribution >= 4 is 17.5 Å². The number of nitro benzene ring substituents is 2. The summed E-state index contributed by atoms with van der Waals surface area (Å²) in [5.74, 6) is 0.643. The Hall–Kier alpha value is -5.05. The highest BCUT2D eigenvalue weighted by Crippen LogP contribution is 2.20. The first-order valence-corrected chi connectivity index (χ1v) is 10.9. The van der Waals surface area contributed by atoms with Gasteiger partial charge in [0.2, 0.25) is 0 Å². The Balaban J connectivity index is 1.28. The normalized spacial score (nSPS) is 10.4. The van der Waals surface area contributed by atoms with Gasteiger partial charge in [-0.15, -0.1) is 0 Å². The fraction of sp³-hybridized carbons (Fsp3) is 0.0741. The molecule has 0 heterocycles. The molecule has 0 aliphatic heterocycles. The van der Waals surface area contributed by atoms with E-state index in [1.807, 2.05) is 0 Å². The van der Waals surface area contributed by atoms with Crippen LogP contribution in [0, 0.1) is 20.2 Å². The molecule has 4 aromatic carbocycles. The van der Waals surface area contributed by atoms with Crippen LogP contribution in [0.15, 0.2) is 97.1 Å². The van der Waals surface area contributed by atoms with E-state index in [0.29, 0.717) is 24.3 Å². The van der Waals surface area contributed by atoms with Gasteiger partial charge in [-0.25, -0.2) is 4.79 Å². The van der Waals surface area contributed by atoms with Crippen LogP contribution >= 0.6 is 0 Å². The highest BCUT2D eigenvalue weighted by Gasteiger charge is 2.10. The Morgan fingerprint density at radius 2 is 0.806 bits per heavy atom. The van der Waals surface area contributed by atoms with Crippen molar-refractivity contribution in [3.8, 4) is 11.5 Å². The maximum Gasteiger partial charge on any atom is 0.519 e. The zero-order valence-electron chi connectivity index (χ0n) is 18.9. The first-order valence-electron chi connectivity index (χ1n) is 10.9. The van der Waals surface area contributed by atoms with Crippen molar-refractivity contribution in [3.63, 3.8) is 0 Å². The van der Waals surface area contributed by atoms with E-state index in [1.54, 1.807) is 72.8 Å². The summed E-state index contributed by atoms with van der Waals surface area (Å²) in [5, 5.41) is 21.5. The summed E-state index contributed by atoms with van der Waals surface area (Å²) >= 11 is 0. The fourth-order valence-electron chi connectivity index (χ4n) is 3.51. The van der Waals surface area contributed by atoms with Gasteiger partial charge >= 0.3 is 6.16 Å². The molecule has 0 spiro atoms. The molecular formula is C27H20N2O7. The van der Waals surface area contributed by atoms with Gasteiger partial charge < -0.3 is 9.47 Å². The molecular weight excluding hydrogens is 464 g/mol. The standard InChI is InChI=1S/C27H20N2O7/c30-27(35-25-13-5-21(6-14-25)17-19-1-9-23(10-2-19)28(31)32)36-26-15-7-22(8-16-26)18-20-3-11-24(12-4-20)29(33)34/h1-16H,17-18H2. The third-order valence-corrected chi connectivity index (χ3v) is 5.36. The smallest absolute Gasteiger partial charge is 0.395 e. The molecule has 0 unspecified atom stereocenters. The van der Waals surface area contributed by atoms with Gasteiger partial charge in [0.25, 0.3) is 11.4 Å². The molecule has 0 aliphatic carbocycles. The molecule has 0 fully saturated rings. The van der Waals surface area contributed by atoms with E-state index in [4.69, 9.17) is 9.47 Å². The van der Waals surface area contributed by atoms with Crippen molar-refractivity contribution in [3.05, 3.63) is 140 Å². The summed E-state index contributed by atoms with van der Waals surface area (Å²) in [6.45, 7) is 0. The summed E-state index contributed by atoms with van der Waals surface area (Å²) in [4.78, 5) is 32.8. The van der Waals surface area contributed by atoms with Gasteiger partial charge in [0.1, 0.15) is 11.5 Å². The summed E-state index contributed by atoms with van der Waals surface area (Å²) < 4.78 is 10.5. The Kier molecular flexibility index (Phi) is 7.30. The quantitative estimate of drug-likeness (QED) is 0.125. The SMILES string of the molecule is O=C(Oc1ccc(Cc2ccc([N+](=O)[O-])cc2)cc1)Oc1ccc(Cc2ccc([N+](=O)[O-])cc2)cc1. The van der Waals surface area contributed by atoms with Gasteiger partial charge in [-0.2, -0.15) is 0 Å². The van der Waals surface area contributed by atoms with E-state index < -0.39 is 16.0 Å². The van der Waals surface area contributed by atoms with Gasteiger partial charge in [-0.05, 0) is 59.4 Å².